The number of ether oxygens (including phenoxy) is 3. The Balaban J connectivity index is 1.28. The number of nitrogens with one attached hydrogen (secondary N) is 1. The number of benzene rings is 2. The highest BCUT2D eigenvalue weighted by atomic mass is 19.1. The number of nitrogens with two attached hydrogens (primary N) is 1. The van der Waals surface area contributed by atoms with Crippen LogP contribution in [0.3, 0.4) is 0 Å². The van der Waals surface area contributed by atoms with Gasteiger partial charge in [0.15, 0.2) is 0 Å². The molecule has 254 valence electrons. The molecule has 5 rings (SSSR count). The molecule has 11 heteroatoms. The zero-order valence-electron chi connectivity index (χ0n) is 27.4. The fourth-order valence-electron chi connectivity index (χ4n) is 7.05. The Labute approximate surface area is 275 Å². The van der Waals surface area contributed by atoms with E-state index in [1.165, 1.54) is 0 Å². The number of carbonyl (C=O) groups excluding carboxylic acids is 3. The Morgan fingerprint density at radius 2 is 1.74 bits per heavy atom. The fourth-order valence-corrected chi connectivity index (χ4v) is 7.05. The molecule has 1 aromatic heterocycles. The summed E-state index contributed by atoms with van der Waals surface area (Å²) in [6.07, 6.45) is 3.98. The van der Waals surface area contributed by atoms with Crippen LogP contribution in [-0.2, 0) is 30.8 Å². The number of methoxy groups -OCH3 is 1. The fraction of sp³-hybridized carbons (Fsp3) is 0.528. The maximum Gasteiger partial charge on any atom is 0.354 e. The van der Waals surface area contributed by atoms with E-state index in [0.717, 1.165) is 16.5 Å². The maximum absolute atomic E-state index is 14.1. The molecule has 10 nitrogen and oxygen atoms in total. The maximum atomic E-state index is 14.1. The van der Waals surface area contributed by atoms with Gasteiger partial charge < -0.3 is 34.7 Å². The molecule has 0 unspecified atom stereocenters. The van der Waals surface area contributed by atoms with Crippen LogP contribution < -0.4 is 11.1 Å². The van der Waals surface area contributed by atoms with Crippen molar-refractivity contribution in [3.63, 3.8) is 0 Å². The van der Waals surface area contributed by atoms with Crippen LogP contribution >= 0.6 is 0 Å². The van der Waals surface area contributed by atoms with Gasteiger partial charge in [-0.25, -0.2) is 9.18 Å². The van der Waals surface area contributed by atoms with Gasteiger partial charge in [-0.1, -0.05) is 30.3 Å². The Hall–Kier alpha value is -3.80. The monoisotopic (exact) mass is 650 g/mol. The van der Waals surface area contributed by atoms with E-state index in [4.69, 9.17) is 19.9 Å². The molecule has 0 bridgehead atoms. The molecule has 1 aliphatic heterocycles. The molecule has 2 aliphatic rings. The third kappa shape index (κ3) is 8.20. The van der Waals surface area contributed by atoms with Crippen molar-refractivity contribution in [2.45, 2.75) is 56.5 Å². The van der Waals surface area contributed by atoms with E-state index < -0.39 is 24.7 Å². The predicted molar refractivity (Wildman–Crippen MR) is 178 cm³/mol. The van der Waals surface area contributed by atoms with Crippen molar-refractivity contribution < 1.29 is 33.0 Å². The minimum atomic E-state index is -0.675. The average molecular weight is 651 g/mol. The number of rotatable bonds is 14. The molecule has 0 radical (unpaired) electrons. The van der Waals surface area contributed by atoms with E-state index in [0.29, 0.717) is 76.3 Å². The van der Waals surface area contributed by atoms with Crippen LogP contribution in [0.15, 0.2) is 54.6 Å². The van der Waals surface area contributed by atoms with Crippen molar-refractivity contribution in [3.05, 3.63) is 65.9 Å². The number of esters is 1. The van der Waals surface area contributed by atoms with Gasteiger partial charge in [-0.15, -0.1) is 0 Å². The Morgan fingerprint density at radius 1 is 0.979 bits per heavy atom. The molecular formula is C36H47FN4O6. The van der Waals surface area contributed by atoms with Gasteiger partial charge in [0, 0.05) is 68.2 Å². The average Bonchev–Trinajstić information content (AvgIpc) is 3.69. The summed E-state index contributed by atoms with van der Waals surface area (Å²) in [6, 6.07) is 16.0. The lowest BCUT2D eigenvalue weighted by atomic mass is 9.78. The van der Waals surface area contributed by atoms with Crippen molar-refractivity contribution in [2.24, 2.45) is 24.6 Å². The van der Waals surface area contributed by atoms with Gasteiger partial charge in [0.05, 0.1) is 19.8 Å². The van der Waals surface area contributed by atoms with Crippen molar-refractivity contribution in [3.8, 4) is 0 Å². The van der Waals surface area contributed by atoms with Gasteiger partial charge in [0.1, 0.15) is 18.4 Å². The molecule has 3 N–H and O–H groups in total. The van der Waals surface area contributed by atoms with E-state index in [1.54, 1.807) is 35.8 Å². The first-order valence-corrected chi connectivity index (χ1v) is 16.6. The second-order valence-corrected chi connectivity index (χ2v) is 12.7. The van der Waals surface area contributed by atoms with Gasteiger partial charge >= 0.3 is 5.97 Å². The van der Waals surface area contributed by atoms with Crippen molar-refractivity contribution in [2.75, 3.05) is 52.1 Å². The largest absolute Gasteiger partial charge is 0.461 e. The molecule has 3 aromatic rings. The standard InChI is InChI=1S/C36H47FN4O6/c1-40-31-14-13-28(21-27(31)22-32(40)36(44)47-18-6-17-46-20-19-45-2)39-34(42)33-29(24-7-4-3-5-8-24)15-16-41(33)35(43)26-11-9-25(10-12-26)30(38)23-37/h3-5,7-8,13-14,21-22,25-26,29-30,33H,6,9-12,15-20,23,38H2,1-2H3,(H,39,42)/t25-,26-,29-,30-,33+/m1/s1. The number of amides is 2. The van der Waals surface area contributed by atoms with Crippen LogP contribution in [0.4, 0.5) is 10.1 Å². The summed E-state index contributed by atoms with van der Waals surface area (Å²) in [4.78, 5) is 42.6. The minimum Gasteiger partial charge on any atom is -0.461 e. The number of halogens is 1. The number of aromatic nitrogens is 1. The van der Waals surface area contributed by atoms with Gasteiger partial charge in [-0.3, -0.25) is 9.59 Å². The molecular weight excluding hydrogens is 603 g/mol. The zero-order valence-corrected chi connectivity index (χ0v) is 27.4. The van der Waals surface area contributed by atoms with E-state index in [1.807, 2.05) is 42.5 Å². The number of anilines is 1. The van der Waals surface area contributed by atoms with Gasteiger partial charge in [-0.2, -0.15) is 0 Å². The number of fused-ring (bicyclic) bond motifs is 1. The third-order valence-corrected chi connectivity index (χ3v) is 9.70. The molecule has 2 fully saturated rings. The highest BCUT2D eigenvalue weighted by Gasteiger charge is 2.44. The highest BCUT2D eigenvalue weighted by Crippen LogP contribution is 2.38. The summed E-state index contributed by atoms with van der Waals surface area (Å²) in [5.41, 5.74) is 8.77. The Kier molecular flexibility index (Phi) is 12.0. The molecule has 1 aliphatic carbocycles. The lowest BCUT2D eigenvalue weighted by Crippen LogP contribution is -2.48. The van der Waals surface area contributed by atoms with E-state index in [9.17, 15) is 18.8 Å². The topological polar surface area (TPSA) is 125 Å². The van der Waals surface area contributed by atoms with Crippen LogP contribution in [-0.4, -0.2) is 86.1 Å². The lowest BCUT2D eigenvalue weighted by Gasteiger charge is -2.35. The molecule has 2 aromatic carbocycles. The quantitative estimate of drug-likeness (QED) is 0.190. The summed E-state index contributed by atoms with van der Waals surface area (Å²) < 4.78 is 30.8. The SMILES string of the molecule is COCCOCCCOC(=O)c1cc2cc(NC(=O)[C@@H]3[C@@H](c4ccccc4)CCN3C(=O)[C@H]3CC[C@H]([C@H](N)CF)CC3)ccc2n1C. The van der Waals surface area contributed by atoms with Crippen molar-refractivity contribution >= 4 is 34.4 Å². The summed E-state index contributed by atoms with van der Waals surface area (Å²) in [6.45, 7) is 1.66. The van der Waals surface area contributed by atoms with Crippen LogP contribution in [0.2, 0.25) is 0 Å². The first-order valence-electron chi connectivity index (χ1n) is 16.6. The summed E-state index contributed by atoms with van der Waals surface area (Å²) in [5.74, 6) is -0.967. The number of likely N-dealkylation sites (tertiary alicyclic amines) is 1. The molecule has 47 heavy (non-hydrogen) atoms. The van der Waals surface area contributed by atoms with Crippen LogP contribution in [0.25, 0.3) is 10.9 Å². The van der Waals surface area contributed by atoms with Crippen LogP contribution in [0.1, 0.15) is 60.5 Å². The molecule has 1 saturated carbocycles. The van der Waals surface area contributed by atoms with Crippen molar-refractivity contribution in [1.29, 1.82) is 0 Å². The smallest absolute Gasteiger partial charge is 0.354 e. The number of aryl methyl sites for hydroxylation is 1. The highest BCUT2D eigenvalue weighted by molar-refractivity contribution is 6.01. The Morgan fingerprint density at radius 3 is 2.47 bits per heavy atom. The van der Waals surface area contributed by atoms with E-state index in [-0.39, 0.29) is 36.2 Å². The summed E-state index contributed by atoms with van der Waals surface area (Å²) in [5, 5.41) is 3.85. The lowest BCUT2D eigenvalue weighted by molar-refractivity contribution is -0.141. The summed E-state index contributed by atoms with van der Waals surface area (Å²) in [7, 11) is 3.41. The molecule has 1 saturated heterocycles. The molecule has 0 spiro atoms. The summed E-state index contributed by atoms with van der Waals surface area (Å²) >= 11 is 0. The predicted octanol–water partition coefficient (Wildman–Crippen LogP) is 4.81. The minimum absolute atomic E-state index is 0.0148. The van der Waals surface area contributed by atoms with Crippen LogP contribution in [0, 0.1) is 11.8 Å². The number of hydrogen-bond acceptors (Lipinski definition) is 7. The second kappa shape index (κ2) is 16.3. The first kappa shape index (κ1) is 34.5. The number of alkyl halides is 1. The number of nitrogens with zero attached hydrogens (tertiary/aromatic N) is 2. The Bertz CT molecular complexity index is 1510. The molecule has 2 heterocycles. The first-order chi connectivity index (χ1) is 22.8. The number of hydrogen-bond donors (Lipinski definition) is 2. The van der Waals surface area contributed by atoms with Crippen molar-refractivity contribution in [1.82, 2.24) is 9.47 Å². The number of carbonyl (C=O) groups is 3. The zero-order chi connectivity index (χ0) is 33.3. The third-order valence-electron chi connectivity index (χ3n) is 9.70. The molecule has 3 atom stereocenters. The second-order valence-electron chi connectivity index (χ2n) is 12.7. The normalized spacial score (nSPS) is 21.9. The van der Waals surface area contributed by atoms with Crippen LogP contribution in [0.5, 0.6) is 0 Å². The molecule has 2 amide bonds. The van der Waals surface area contributed by atoms with Gasteiger partial charge in [-0.05, 0) is 67.9 Å². The van der Waals surface area contributed by atoms with E-state index >= 15 is 0 Å². The van der Waals surface area contributed by atoms with Gasteiger partial charge in [0.25, 0.3) is 0 Å². The van der Waals surface area contributed by atoms with Gasteiger partial charge in [0.2, 0.25) is 11.8 Å². The van der Waals surface area contributed by atoms with E-state index in [2.05, 4.69) is 5.32 Å².